The van der Waals surface area contributed by atoms with E-state index in [9.17, 15) is 0 Å². The summed E-state index contributed by atoms with van der Waals surface area (Å²) in [5, 5.41) is 3.55. The van der Waals surface area contributed by atoms with E-state index in [0.717, 1.165) is 17.4 Å². The molecule has 1 N–H and O–H groups in total. The average molecular weight is 381 g/mol. The van der Waals surface area contributed by atoms with Gasteiger partial charge in [0.15, 0.2) is 0 Å². The quantitative estimate of drug-likeness (QED) is 0.732. The molecule has 0 radical (unpaired) electrons. The third-order valence-electron chi connectivity index (χ3n) is 7.61. The first-order chi connectivity index (χ1) is 13.0. The largest absolute Gasteiger partial charge is 0.321 e. The van der Waals surface area contributed by atoms with Crippen LogP contribution in [0.15, 0.2) is 42.5 Å². The molecule has 27 heavy (non-hydrogen) atoms. The van der Waals surface area contributed by atoms with Gasteiger partial charge >= 0.3 is 0 Å². The molecule has 2 nitrogen and oxygen atoms in total. The molecule has 1 aromatic carbocycles. The van der Waals surface area contributed by atoms with E-state index in [4.69, 9.17) is 0 Å². The molecule has 1 heterocycles. The normalized spacial score (nSPS) is 31.6. The second kappa shape index (κ2) is 7.69. The predicted molar refractivity (Wildman–Crippen MR) is 119 cm³/mol. The topological polar surface area (TPSA) is 15.3 Å². The van der Waals surface area contributed by atoms with Crippen molar-refractivity contribution in [1.82, 2.24) is 9.88 Å². The lowest BCUT2D eigenvalue weighted by molar-refractivity contribution is 0.337. The molecular weight excluding hydrogens is 344 g/mol. The summed E-state index contributed by atoms with van der Waals surface area (Å²) in [4.78, 5) is 0. The van der Waals surface area contributed by atoms with Crippen molar-refractivity contribution in [2.24, 2.45) is 17.8 Å². The van der Waals surface area contributed by atoms with Crippen molar-refractivity contribution in [3.05, 3.63) is 53.6 Å². The lowest BCUT2D eigenvalue weighted by Gasteiger charge is -2.47. The molecule has 1 aromatic rings. The van der Waals surface area contributed by atoms with E-state index in [0.29, 0.717) is 5.92 Å². The fourth-order valence-corrected chi connectivity index (χ4v) is 10.8. The maximum absolute atomic E-state index is 3.55. The Morgan fingerprint density at radius 3 is 2.48 bits per heavy atom. The van der Waals surface area contributed by atoms with Crippen LogP contribution in [0.1, 0.15) is 30.9 Å². The summed E-state index contributed by atoms with van der Waals surface area (Å²) in [5.74, 6) is 2.31. The highest BCUT2D eigenvalue weighted by molar-refractivity contribution is 6.76. The number of piperazine rings is 1. The molecule has 4 unspecified atom stereocenters. The summed E-state index contributed by atoms with van der Waals surface area (Å²) in [7, 11) is -1.49. The van der Waals surface area contributed by atoms with Gasteiger partial charge in [0.25, 0.3) is 0 Å². The number of nitrogens with zero attached hydrogens (tertiary/aromatic N) is 1. The highest BCUT2D eigenvalue weighted by atomic mass is 28.3. The van der Waals surface area contributed by atoms with Crippen LogP contribution in [-0.2, 0) is 0 Å². The minimum Gasteiger partial charge on any atom is -0.321 e. The van der Waals surface area contributed by atoms with Gasteiger partial charge in [-0.1, -0.05) is 74.5 Å². The molecule has 1 saturated carbocycles. The molecule has 0 spiro atoms. The molecule has 1 aliphatic heterocycles. The zero-order valence-corrected chi connectivity index (χ0v) is 18.5. The molecule has 0 aromatic heterocycles. The smallest absolute Gasteiger partial charge is 0.126 e. The summed E-state index contributed by atoms with van der Waals surface area (Å²) in [6, 6.07) is 9.22. The molecule has 4 atom stereocenters. The third-order valence-corrected chi connectivity index (χ3v) is 12.2. The first kappa shape index (κ1) is 19.2. The first-order valence-electron chi connectivity index (χ1n) is 10.9. The summed E-state index contributed by atoms with van der Waals surface area (Å²) in [6.07, 6.45) is 10.0. The van der Waals surface area contributed by atoms with Crippen LogP contribution in [0.4, 0.5) is 0 Å². The zero-order chi connectivity index (χ0) is 19.0. The molecule has 1 saturated heterocycles. The van der Waals surface area contributed by atoms with E-state index in [2.05, 4.69) is 79.3 Å². The Hall–Kier alpha value is -1.16. The summed E-state index contributed by atoms with van der Waals surface area (Å²) >= 11 is 0. The lowest BCUT2D eigenvalue weighted by atomic mass is 9.81. The lowest BCUT2D eigenvalue weighted by Crippen LogP contribution is -2.60. The van der Waals surface area contributed by atoms with Gasteiger partial charge in [0.2, 0.25) is 0 Å². The van der Waals surface area contributed by atoms with Crippen LogP contribution in [0, 0.1) is 24.7 Å². The van der Waals surface area contributed by atoms with Crippen molar-refractivity contribution < 1.29 is 0 Å². The molecule has 0 amide bonds. The van der Waals surface area contributed by atoms with Gasteiger partial charge in [0, 0.05) is 26.2 Å². The molecule has 2 fully saturated rings. The SMILES string of the molecule is CCC1CC2C(c3ccc(C)cc3)=CC=CC2C1[Si](C)(C)N1CCNCC1. The second-order valence-electron chi connectivity index (χ2n) is 9.38. The Balaban J connectivity index is 1.64. The fraction of sp³-hybridized carbons (Fsp3) is 0.583. The molecular formula is C24H36N2Si. The highest BCUT2D eigenvalue weighted by Gasteiger charge is 2.52. The number of allylic oxidation sites excluding steroid dienone is 4. The third kappa shape index (κ3) is 3.50. The Morgan fingerprint density at radius 2 is 1.81 bits per heavy atom. The standard InChI is InChI=1S/C24H36N2Si/c1-5-19-17-23-21(20-11-9-18(2)10-12-20)7-6-8-22(23)24(19)27(3,4)26-15-13-25-14-16-26/h6-12,19,22-25H,5,13-17H2,1-4H3. The number of hydrogen-bond acceptors (Lipinski definition) is 2. The van der Waals surface area contributed by atoms with Gasteiger partial charge < -0.3 is 9.88 Å². The van der Waals surface area contributed by atoms with Crippen molar-refractivity contribution in [2.45, 2.75) is 45.3 Å². The maximum Gasteiger partial charge on any atom is 0.126 e. The zero-order valence-electron chi connectivity index (χ0n) is 17.5. The van der Waals surface area contributed by atoms with E-state index in [1.54, 1.807) is 5.57 Å². The van der Waals surface area contributed by atoms with Crippen molar-refractivity contribution in [1.29, 1.82) is 0 Å². The number of fused-ring (bicyclic) bond motifs is 1. The Morgan fingerprint density at radius 1 is 1.11 bits per heavy atom. The fourth-order valence-electron chi connectivity index (χ4n) is 6.17. The number of aryl methyl sites for hydroxylation is 1. The number of rotatable bonds is 4. The molecule has 146 valence electrons. The highest BCUT2D eigenvalue weighted by Crippen LogP contribution is 2.58. The van der Waals surface area contributed by atoms with E-state index >= 15 is 0 Å². The Kier molecular flexibility index (Phi) is 5.46. The van der Waals surface area contributed by atoms with Gasteiger partial charge in [0.05, 0.1) is 0 Å². The average Bonchev–Trinajstić information content (AvgIpc) is 3.09. The number of benzene rings is 1. The molecule has 3 aliphatic rings. The molecule has 0 bridgehead atoms. The van der Waals surface area contributed by atoms with Gasteiger partial charge in [-0.05, 0) is 47.8 Å². The summed E-state index contributed by atoms with van der Waals surface area (Å²) in [5.41, 5.74) is 5.26. The van der Waals surface area contributed by atoms with Crippen LogP contribution >= 0.6 is 0 Å². The predicted octanol–water partition coefficient (Wildman–Crippen LogP) is 5.09. The number of nitrogens with one attached hydrogen (secondary N) is 1. The van der Waals surface area contributed by atoms with Gasteiger partial charge in [-0.15, -0.1) is 0 Å². The first-order valence-corrected chi connectivity index (χ1v) is 14.0. The van der Waals surface area contributed by atoms with Crippen molar-refractivity contribution in [3.63, 3.8) is 0 Å². The van der Waals surface area contributed by atoms with E-state index in [-0.39, 0.29) is 0 Å². The number of hydrogen-bond donors (Lipinski definition) is 1. The minimum absolute atomic E-state index is 0.711. The van der Waals surface area contributed by atoms with E-state index in [1.807, 2.05) is 0 Å². The molecule has 3 heteroatoms. The second-order valence-corrected chi connectivity index (χ2v) is 14.0. The maximum atomic E-state index is 3.55. The van der Waals surface area contributed by atoms with Crippen LogP contribution in [0.3, 0.4) is 0 Å². The van der Waals surface area contributed by atoms with Crippen LogP contribution in [0.2, 0.25) is 18.6 Å². The minimum atomic E-state index is -1.49. The summed E-state index contributed by atoms with van der Waals surface area (Å²) < 4.78 is 2.90. The Bertz CT molecular complexity index is 712. The van der Waals surface area contributed by atoms with Gasteiger partial charge in [-0.2, -0.15) is 0 Å². The van der Waals surface area contributed by atoms with Gasteiger partial charge in [-0.3, -0.25) is 0 Å². The molecule has 4 rings (SSSR count). The van der Waals surface area contributed by atoms with E-state index < -0.39 is 8.24 Å². The Labute approximate surface area is 166 Å². The monoisotopic (exact) mass is 380 g/mol. The molecule has 2 aliphatic carbocycles. The van der Waals surface area contributed by atoms with Crippen molar-refractivity contribution in [3.8, 4) is 0 Å². The van der Waals surface area contributed by atoms with Crippen LogP contribution < -0.4 is 5.32 Å². The van der Waals surface area contributed by atoms with Crippen molar-refractivity contribution >= 4 is 13.8 Å². The van der Waals surface area contributed by atoms with Gasteiger partial charge in [0.1, 0.15) is 8.24 Å². The van der Waals surface area contributed by atoms with Crippen LogP contribution in [0.25, 0.3) is 5.57 Å². The van der Waals surface area contributed by atoms with Crippen molar-refractivity contribution in [2.75, 3.05) is 26.2 Å². The van der Waals surface area contributed by atoms with Gasteiger partial charge in [-0.25, -0.2) is 0 Å². The summed E-state index contributed by atoms with van der Waals surface area (Å²) in [6.45, 7) is 14.7. The van der Waals surface area contributed by atoms with Crippen LogP contribution in [0.5, 0.6) is 0 Å². The van der Waals surface area contributed by atoms with Crippen LogP contribution in [-0.4, -0.2) is 39.0 Å². The van der Waals surface area contributed by atoms with E-state index in [1.165, 1.54) is 50.1 Å².